The second-order valence-electron chi connectivity index (χ2n) is 4.72. The maximum absolute atomic E-state index is 12.1. The molecule has 0 fully saturated rings. The quantitative estimate of drug-likeness (QED) is 0.658. The van der Waals surface area contributed by atoms with Crippen LogP contribution < -0.4 is 16.0 Å². The van der Waals surface area contributed by atoms with Crippen LogP contribution in [0.25, 0.3) is 0 Å². The lowest BCUT2D eigenvalue weighted by Crippen LogP contribution is -2.41. The molecule has 0 aliphatic rings. The van der Waals surface area contributed by atoms with E-state index >= 15 is 0 Å². The molecular weight excluding hydrogens is 413 g/mol. The molecule has 2 aromatic carbocycles. The number of hydrogen-bond acceptors (Lipinski definition) is 4. The molecule has 0 unspecified atom stereocenters. The van der Waals surface area contributed by atoms with Gasteiger partial charge in [0, 0.05) is 5.02 Å². The van der Waals surface area contributed by atoms with Crippen molar-refractivity contribution < 1.29 is 18.0 Å². The van der Waals surface area contributed by atoms with Gasteiger partial charge in [0.05, 0.1) is 26.1 Å². The predicted molar refractivity (Wildman–Crippen MR) is 94.2 cm³/mol. The first-order chi connectivity index (χ1) is 11.6. The van der Waals surface area contributed by atoms with Crippen LogP contribution in [0, 0.1) is 0 Å². The van der Waals surface area contributed by atoms with Gasteiger partial charge >= 0.3 is 0 Å². The Morgan fingerprint density at radius 2 is 1.32 bits per heavy atom. The van der Waals surface area contributed by atoms with Crippen molar-refractivity contribution in [1.29, 1.82) is 0 Å². The fourth-order valence-corrected chi connectivity index (χ4v) is 2.89. The molecule has 0 spiro atoms. The number of sulfonamides is 1. The number of rotatable bonds is 3. The van der Waals surface area contributed by atoms with Crippen LogP contribution in [0.5, 0.6) is 0 Å². The average molecular weight is 423 g/mol. The number of carbonyl (C=O) groups is 2. The van der Waals surface area contributed by atoms with Crippen molar-refractivity contribution in [1.82, 2.24) is 10.9 Å². The third-order valence-corrected chi connectivity index (χ3v) is 4.78. The minimum Gasteiger partial charge on any atom is -0.267 e. The highest BCUT2D eigenvalue weighted by Gasteiger charge is 2.17. The summed E-state index contributed by atoms with van der Waals surface area (Å²) in [6.07, 6.45) is 0. The minimum absolute atomic E-state index is 0.0278. The average Bonchev–Trinajstić information content (AvgIpc) is 2.53. The molecule has 2 amide bonds. The van der Waals surface area contributed by atoms with Gasteiger partial charge in [-0.1, -0.05) is 34.8 Å². The molecule has 0 aliphatic carbocycles. The van der Waals surface area contributed by atoms with Crippen LogP contribution in [0.4, 0.5) is 0 Å². The van der Waals surface area contributed by atoms with Crippen LogP contribution in [-0.2, 0) is 10.0 Å². The number of halogens is 3. The maximum atomic E-state index is 12.1. The number of nitrogens with two attached hydrogens (primary N) is 1. The van der Waals surface area contributed by atoms with Crippen molar-refractivity contribution in [3.8, 4) is 0 Å². The number of nitrogens with one attached hydrogen (secondary N) is 2. The molecule has 0 bridgehead atoms. The summed E-state index contributed by atoms with van der Waals surface area (Å²) in [4.78, 5) is 23.9. The van der Waals surface area contributed by atoms with E-state index in [4.69, 9.17) is 39.9 Å². The van der Waals surface area contributed by atoms with Crippen molar-refractivity contribution in [2.45, 2.75) is 4.90 Å². The molecule has 2 rings (SSSR count). The number of hydrogen-bond donors (Lipinski definition) is 3. The Morgan fingerprint density at radius 3 is 1.84 bits per heavy atom. The standard InChI is InChI=1S/C14H10Cl3N3O4S/c15-7-1-3-11(16)9(5-7)13(21)19-20-14(22)10-6-8(25(18,23)24)2-4-12(10)17/h1-6H,(H,19,21)(H,20,22)(H2,18,23,24). The molecule has 0 aliphatic heterocycles. The van der Waals surface area contributed by atoms with E-state index in [2.05, 4.69) is 10.9 Å². The van der Waals surface area contributed by atoms with Gasteiger partial charge in [-0.2, -0.15) is 0 Å². The van der Waals surface area contributed by atoms with E-state index < -0.39 is 21.8 Å². The normalized spacial score (nSPS) is 11.0. The highest BCUT2D eigenvalue weighted by Crippen LogP contribution is 2.21. The molecule has 11 heteroatoms. The lowest BCUT2D eigenvalue weighted by molar-refractivity contribution is 0.0846. The van der Waals surface area contributed by atoms with Gasteiger partial charge in [0.25, 0.3) is 11.8 Å². The second-order valence-corrected chi connectivity index (χ2v) is 7.53. The second kappa shape index (κ2) is 7.59. The molecule has 0 saturated carbocycles. The van der Waals surface area contributed by atoms with E-state index in [1.807, 2.05) is 0 Å². The van der Waals surface area contributed by atoms with Crippen molar-refractivity contribution >= 4 is 56.6 Å². The topological polar surface area (TPSA) is 118 Å². The van der Waals surface area contributed by atoms with E-state index in [0.29, 0.717) is 0 Å². The molecule has 7 nitrogen and oxygen atoms in total. The molecule has 2 aromatic rings. The number of primary sulfonamides is 1. The van der Waals surface area contributed by atoms with Gasteiger partial charge < -0.3 is 0 Å². The highest BCUT2D eigenvalue weighted by atomic mass is 35.5. The summed E-state index contributed by atoms with van der Waals surface area (Å²) in [6, 6.07) is 7.58. The third-order valence-electron chi connectivity index (χ3n) is 2.97. The van der Waals surface area contributed by atoms with Gasteiger partial charge in [-0.15, -0.1) is 0 Å². The van der Waals surface area contributed by atoms with Gasteiger partial charge in [0.1, 0.15) is 0 Å². The van der Waals surface area contributed by atoms with E-state index in [-0.39, 0.29) is 31.1 Å². The Morgan fingerprint density at radius 1 is 0.840 bits per heavy atom. The monoisotopic (exact) mass is 421 g/mol. The number of benzene rings is 2. The first kappa shape index (κ1) is 19.5. The molecule has 0 aromatic heterocycles. The van der Waals surface area contributed by atoms with Gasteiger partial charge in [-0.3, -0.25) is 20.4 Å². The summed E-state index contributed by atoms with van der Waals surface area (Å²) in [5.74, 6) is -1.57. The van der Waals surface area contributed by atoms with Crippen molar-refractivity contribution in [3.05, 3.63) is 62.6 Å². The molecule has 0 radical (unpaired) electrons. The van der Waals surface area contributed by atoms with Gasteiger partial charge in [0.2, 0.25) is 10.0 Å². The van der Waals surface area contributed by atoms with E-state index in [1.54, 1.807) is 0 Å². The first-order valence-corrected chi connectivity index (χ1v) is 9.15. The van der Waals surface area contributed by atoms with Crippen LogP contribution in [-0.4, -0.2) is 20.2 Å². The zero-order valence-corrected chi connectivity index (χ0v) is 15.3. The highest BCUT2D eigenvalue weighted by molar-refractivity contribution is 7.89. The van der Waals surface area contributed by atoms with Gasteiger partial charge in [-0.05, 0) is 36.4 Å². The smallest absolute Gasteiger partial charge is 0.267 e. The first-order valence-electron chi connectivity index (χ1n) is 6.47. The van der Waals surface area contributed by atoms with Crippen LogP contribution in [0.1, 0.15) is 20.7 Å². The molecule has 132 valence electrons. The summed E-state index contributed by atoms with van der Waals surface area (Å²) in [5.41, 5.74) is 4.08. The molecule has 25 heavy (non-hydrogen) atoms. The number of carbonyl (C=O) groups excluding carboxylic acids is 2. The zero-order chi connectivity index (χ0) is 18.8. The Labute approximate surface area is 158 Å². The fourth-order valence-electron chi connectivity index (χ4n) is 1.78. The fraction of sp³-hybridized carbons (Fsp3) is 0. The summed E-state index contributed by atoms with van der Waals surface area (Å²) >= 11 is 17.5. The summed E-state index contributed by atoms with van der Waals surface area (Å²) < 4.78 is 22.7. The van der Waals surface area contributed by atoms with E-state index in [0.717, 1.165) is 12.1 Å². The van der Waals surface area contributed by atoms with Crippen LogP contribution in [0.3, 0.4) is 0 Å². The summed E-state index contributed by atoms with van der Waals surface area (Å²) in [5, 5.41) is 5.39. The molecule has 4 N–H and O–H groups in total. The minimum atomic E-state index is -4.02. The van der Waals surface area contributed by atoms with Crippen LogP contribution >= 0.6 is 34.8 Å². The zero-order valence-electron chi connectivity index (χ0n) is 12.2. The Hall–Kier alpha value is -1.84. The lowest BCUT2D eigenvalue weighted by Gasteiger charge is -2.10. The molecular formula is C14H10Cl3N3O4S. The largest absolute Gasteiger partial charge is 0.271 e. The number of hydrazine groups is 1. The third kappa shape index (κ3) is 4.83. The molecule has 0 heterocycles. The lowest BCUT2D eigenvalue weighted by atomic mass is 10.2. The van der Waals surface area contributed by atoms with Crippen molar-refractivity contribution in [3.63, 3.8) is 0 Å². The maximum Gasteiger partial charge on any atom is 0.271 e. The Balaban J connectivity index is 2.18. The van der Waals surface area contributed by atoms with Crippen LogP contribution in [0.15, 0.2) is 41.3 Å². The summed E-state index contributed by atoms with van der Waals surface area (Å²) in [7, 11) is -4.02. The summed E-state index contributed by atoms with van der Waals surface area (Å²) in [6.45, 7) is 0. The SMILES string of the molecule is NS(=O)(=O)c1ccc(Cl)c(C(=O)NNC(=O)c2cc(Cl)ccc2Cl)c1. The van der Waals surface area contributed by atoms with Crippen molar-refractivity contribution in [2.24, 2.45) is 5.14 Å². The van der Waals surface area contributed by atoms with Crippen molar-refractivity contribution in [2.75, 3.05) is 0 Å². The predicted octanol–water partition coefficient (Wildman–Crippen LogP) is 2.37. The van der Waals surface area contributed by atoms with Gasteiger partial charge in [0.15, 0.2) is 0 Å². The molecule has 0 saturated heterocycles. The van der Waals surface area contributed by atoms with Gasteiger partial charge in [-0.25, -0.2) is 13.6 Å². The Bertz CT molecular complexity index is 964. The number of amides is 2. The van der Waals surface area contributed by atoms with Crippen LogP contribution in [0.2, 0.25) is 15.1 Å². The van der Waals surface area contributed by atoms with E-state index in [9.17, 15) is 18.0 Å². The molecule has 0 atom stereocenters. The Kier molecular flexibility index (Phi) is 5.91. The van der Waals surface area contributed by atoms with E-state index in [1.165, 1.54) is 24.3 Å².